The molecule has 6 nitrogen and oxygen atoms in total. The number of esters is 1. The molecule has 498 valence electrons. The number of carbonyl (C=O) groups excluding carboxylic acids is 2. The van der Waals surface area contributed by atoms with Gasteiger partial charge in [-0.05, 0) is 57.8 Å². The SMILES string of the molecule is CCCCC/C=C\C/C=C\CCCCCCCCCCCC(=O)OCCCCCCCCCCCCCCCCCCCCCCCCCCCCCCCCCCCCCCCCCC(=O)NC(CO)C(O)CCCCCCCCCCC. The first-order valence-corrected chi connectivity index (χ1v) is 38.6. The van der Waals surface area contributed by atoms with Crippen molar-refractivity contribution >= 4 is 11.9 Å². The maximum absolute atomic E-state index is 12.4. The largest absolute Gasteiger partial charge is 0.466 e. The van der Waals surface area contributed by atoms with Crippen molar-refractivity contribution in [2.75, 3.05) is 13.2 Å². The summed E-state index contributed by atoms with van der Waals surface area (Å²) in [5.74, 6) is -0.00810. The van der Waals surface area contributed by atoms with E-state index in [-0.39, 0.29) is 18.5 Å². The number of aliphatic hydroxyl groups excluding tert-OH is 2. The minimum absolute atomic E-state index is 0.0209. The zero-order chi connectivity index (χ0) is 60.6. The molecule has 6 heteroatoms. The lowest BCUT2D eigenvalue weighted by Gasteiger charge is -2.22. The Hall–Kier alpha value is -1.66. The summed E-state index contributed by atoms with van der Waals surface area (Å²) in [6, 6.07) is -0.534. The molecule has 2 atom stereocenters. The first-order valence-electron chi connectivity index (χ1n) is 38.6. The van der Waals surface area contributed by atoms with Crippen LogP contribution in [0.2, 0.25) is 0 Å². The molecule has 0 rings (SSSR count). The van der Waals surface area contributed by atoms with E-state index in [1.165, 1.54) is 360 Å². The monoisotopic (exact) mass is 1180 g/mol. The average molecular weight is 1180 g/mol. The van der Waals surface area contributed by atoms with Crippen molar-refractivity contribution in [3.8, 4) is 0 Å². The molecule has 0 aromatic rings. The average Bonchev–Trinajstić information content (AvgIpc) is 3.51. The van der Waals surface area contributed by atoms with Gasteiger partial charge in [-0.3, -0.25) is 9.59 Å². The quantitative estimate of drug-likeness (QED) is 0.0320. The van der Waals surface area contributed by atoms with E-state index in [0.29, 0.717) is 25.9 Å². The van der Waals surface area contributed by atoms with Gasteiger partial charge in [-0.25, -0.2) is 0 Å². The van der Waals surface area contributed by atoms with Gasteiger partial charge in [-0.15, -0.1) is 0 Å². The molecule has 0 saturated heterocycles. The van der Waals surface area contributed by atoms with Gasteiger partial charge in [0.2, 0.25) is 5.91 Å². The van der Waals surface area contributed by atoms with E-state index in [0.717, 1.165) is 44.9 Å². The van der Waals surface area contributed by atoms with Gasteiger partial charge in [0.15, 0.2) is 0 Å². The van der Waals surface area contributed by atoms with Gasteiger partial charge in [-0.1, -0.05) is 391 Å². The fraction of sp³-hybridized carbons (Fsp3) is 0.923. The summed E-state index contributed by atoms with van der Waals surface area (Å²) >= 11 is 0. The molecule has 0 fully saturated rings. The molecule has 0 aliphatic heterocycles. The number of unbranched alkanes of at least 4 members (excludes halogenated alkanes) is 58. The number of amides is 1. The lowest BCUT2D eigenvalue weighted by atomic mass is 10.0. The smallest absolute Gasteiger partial charge is 0.305 e. The molecular formula is C78H151NO5. The number of rotatable bonds is 73. The Bertz CT molecular complexity index is 1320. The number of ether oxygens (including phenoxy) is 1. The highest BCUT2D eigenvalue weighted by atomic mass is 16.5. The van der Waals surface area contributed by atoms with Gasteiger partial charge in [-0.2, -0.15) is 0 Å². The number of aliphatic hydroxyl groups is 2. The van der Waals surface area contributed by atoms with Crippen LogP contribution in [0.1, 0.15) is 438 Å². The molecule has 0 aliphatic carbocycles. The maximum Gasteiger partial charge on any atom is 0.305 e. The topological polar surface area (TPSA) is 95.9 Å². The van der Waals surface area contributed by atoms with E-state index in [1.54, 1.807) is 0 Å². The highest BCUT2D eigenvalue weighted by Gasteiger charge is 2.20. The van der Waals surface area contributed by atoms with Crippen molar-refractivity contribution in [2.45, 2.75) is 450 Å². The summed E-state index contributed by atoms with van der Waals surface area (Å²) < 4.78 is 5.52. The van der Waals surface area contributed by atoms with Crippen LogP contribution in [0.5, 0.6) is 0 Å². The molecule has 2 unspecified atom stereocenters. The minimum atomic E-state index is -0.657. The Balaban J connectivity index is 3.25. The number of hydrogen-bond donors (Lipinski definition) is 3. The van der Waals surface area contributed by atoms with E-state index in [9.17, 15) is 19.8 Å². The number of carbonyl (C=O) groups is 2. The lowest BCUT2D eigenvalue weighted by molar-refractivity contribution is -0.143. The fourth-order valence-electron chi connectivity index (χ4n) is 12.4. The maximum atomic E-state index is 12.4. The molecule has 1 amide bonds. The van der Waals surface area contributed by atoms with Crippen LogP contribution >= 0.6 is 0 Å². The van der Waals surface area contributed by atoms with Gasteiger partial charge in [0.25, 0.3) is 0 Å². The normalized spacial score (nSPS) is 12.6. The summed E-state index contributed by atoms with van der Waals surface area (Å²) in [5.41, 5.74) is 0. The number of hydrogen-bond acceptors (Lipinski definition) is 5. The van der Waals surface area contributed by atoms with Crippen molar-refractivity contribution in [3.05, 3.63) is 24.3 Å². The van der Waals surface area contributed by atoms with Crippen LogP contribution in [0.3, 0.4) is 0 Å². The molecule has 0 bridgehead atoms. The van der Waals surface area contributed by atoms with E-state index in [2.05, 4.69) is 43.5 Å². The molecule has 0 spiro atoms. The second kappa shape index (κ2) is 73.8. The molecule has 0 aliphatic rings. The molecule has 0 aromatic heterocycles. The predicted molar refractivity (Wildman–Crippen MR) is 370 cm³/mol. The van der Waals surface area contributed by atoms with Gasteiger partial charge in [0, 0.05) is 12.8 Å². The van der Waals surface area contributed by atoms with Gasteiger partial charge in [0.1, 0.15) is 0 Å². The van der Waals surface area contributed by atoms with E-state index >= 15 is 0 Å². The van der Waals surface area contributed by atoms with Crippen LogP contribution in [-0.4, -0.2) is 47.4 Å². The van der Waals surface area contributed by atoms with Crippen molar-refractivity contribution in [1.82, 2.24) is 5.32 Å². The highest BCUT2D eigenvalue weighted by Crippen LogP contribution is 2.20. The van der Waals surface area contributed by atoms with E-state index < -0.39 is 12.1 Å². The first-order chi connectivity index (χ1) is 41.5. The minimum Gasteiger partial charge on any atom is -0.466 e. The van der Waals surface area contributed by atoms with Gasteiger partial charge in [0.05, 0.1) is 25.4 Å². The summed E-state index contributed by atoms with van der Waals surface area (Å²) in [6.07, 6.45) is 94.4. The zero-order valence-electron chi connectivity index (χ0n) is 57.2. The van der Waals surface area contributed by atoms with Crippen molar-refractivity contribution in [3.63, 3.8) is 0 Å². The fourth-order valence-corrected chi connectivity index (χ4v) is 12.4. The Morgan fingerprint density at radius 3 is 0.929 bits per heavy atom. The molecule has 0 saturated carbocycles. The molecule has 3 N–H and O–H groups in total. The number of nitrogens with one attached hydrogen (secondary N) is 1. The van der Waals surface area contributed by atoms with Crippen LogP contribution in [0.15, 0.2) is 24.3 Å². The standard InChI is InChI=1S/C78H151NO5/c1-3-5-7-9-11-13-14-15-16-17-39-43-46-49-52-56-60-64-68-72-78(83)84-73-69-65-61-57-53-50-47-44-41-38-36-34-32-30-28-26-24-22-20-18-19-21-23-25-27-29-31-33-35-37-40-42-45-48-51-55-59-63-67-71-77(82)79-75(74-80)76(81)70-66-62-58-54-12-10-8-6-4-2/h11,13,15-16,75-76,80-81H,3-10,12,14,17-74H2,1-2H3,(H,79,82)/b13-11-,16-15-. The number of allylic oxidation sites excluding steroid dienone is 4. The van der Waals surface area contributed by atoms with E-state index in [4.69, 9.17) is 4.74 Å². The Kier molecular flexibility index (Phi) is 72.3. The van der Waals surface area contributed by atoms with Crippen LogP contribution in [0.4, 0.5) is 0 Å². The second-order valence-corrected chi connectivity index (χ2v) is 26.7. The highest BCUT2D eigenvalue weighted by molar-refractivity contribution is 5.76. The van der Waals surface area contributed by atoms with E-state index in [1.807, 2.05) is 0 Å². The predicted octanol–water partition coefficient (Wildman–Crippen LogP) is 25.3. The van der Waals surface area contributed by atoms with Crippen molar-refractivity contribution < 1.29 is 24.5 Å². The molecule has 84 heavy (non-hydrogen) atoms. The Labute approximate surface area is 526 Å². The third-order valence-corrected chi connectivity index (χ3v) is 18.3. The lowest BCUT2D eigenvalue weighted by Crippen LogP contribution is -2.45. The summed E-state index contributed by atoms with van der Waals surface area (Å²) in [5, 5.41) is 23.2. The van der Waals surface area contributed by atoms with Gasteiger partial charge < -0.3 is 20.3 Å². The van der Waals surface area contributed by atoms with Crippen LogP contribution in [0.25, 0.3) is 0 Å². The van der Waals surface area contributed by atoms with Crippen LogP contribution in [0, 0.1) is 0 Å². The second-order valence-electron chi connectivity index (χ2n) is 26.7. The summed E-state index contributed by atoms with van der Waals surface area (Å²) in [6.45, 7) is 4.94. The van der Waals surface area contributed by atoms with Crippen LogP contribution < -0.4 is 5.32 Å². The summed E-state index contributed by atoms with van der Waals surface area (Å²) in [7, 11) is 0. The molecule has 0 aromatic carbocycles. The summed E-state index contributed by atoms with van der Waals surface area (Å²) in [4.78, 5) is 24.6. The Morgan fingerprint density at radius 2 is 0.595 bits per heavy atom. The Morgan fingerprint density at radius 1 is 0.333 bits per heavy atom. The molecule has 0 radical (unpaired) electrons. The zero-order valence-corrected chi connectivity index (χ0v) is 57.2. The van der Waals surface area contributed by atoms with Crippen LogP contribution in [-0.2, 0) is 14.3 Å². The van der Waals surface area contributed by atoms with Gasteiger partial charge >= 0.3 is 5.97 Å². The third-order valence-electron chi connectivity index (χ3n) is 18.3. The third kappa shape index (κ3) is 69.4. The van der Waals surface area contributed by atoms with Crippen molar-refractivity contribution in [2.24, 2.45) is 0 Å². The molecule has 0 heterocycles. The molecular weight excluding hydrogens is 1030 g/mol. The first kappa shape index (κ1) is 82.3. The van der Waals surface area contributed by atoms with Crippen molar-refractivity contribution in [1.29, 1.82) is 0 Å².